The Kier molecular flexibility index (Phi) is 6.97. The van der Waals surface area contributed by atoms with E-state index in [1.165, 1.54) is 11.1 Å². The minimum absolute atomic E-state index is 0.469. The fourth-order valence-corrected chi connectivity index (χ4v) is 2.48. The molecule has 0 spiro atoms. The van der Waals surface area contributed by atoms with Crippen molar-refractivity contribution in [3.8, 4) is 0 Å². The van der Waals surface area contributed by atoms with Crippen LogP contribution in [0, 0.1) is 0 Å². The summed E-state index contributed by atoms with van der Waals surface area (Å²) in [5.41, 5.74) is 2.43. The van der Waals surface area contributed by atoms with Crippen LogP contribution >= 0.6 is 0 Å². The molecule has 1 aliphatic carbocycles. The second kappa shape index (κ2) is 9.26. The molecule has 4 heteroatoms. The number of hydrogen-bond acceptors (Lipinski definition) is 2. The summed E-state index contributed by atoms with van der Waals surface area (Å²) < 4.78 is 5.53. The van der Waals surface area contributed by atoms with Gasteiger partial charge in [-0.15, -0.1) is 0 Å². The molecule has 0 aromatic heterocycles. The predicted molar refractivity (Wildman–Crippen MR) is 91.9 cm³/mol. The van der Waals surface area contributed by atoms with E-state index in [9.17, 15) is 0 Å². The summed E-state index contributed by atoms with van der Waals surface area (Å²) in [4.78, 5) is 4.73. The lowest BCUT2D eigenvalue weighted by Gasteiger charge is -2.17. The molecule has 0 heterocycles. The van der Waals surface area contributed by atoms with Gasteiger partial charge in [0.25, 0.3) is 0 Å². The predicted octanol–water partition coefficient (Wildman–Crippen LogP) is 3.00. The van der Waals surface area contributed by atoms with Gasteiger partial charge in [0.1, 0.15) is 0 Å². The summed E-state index contributed by atoms with van der Waals surface area (Å²) in [5, 5.41) is 6.82. The highest BCUT2D eigenvalue weighted by molar-refractivity contribution is 5.80. The first-order valence-corrected chi connectivity index (χ1v) is 8.17. The number of rotatable bonds is 7. The Morgan fingerprint density at radius 3 is 2.59 bits per heavy atom. The maximum absolute atomic E-state index is 5.53. The third-order valence-electron chi connectivity index (χ3n) is 3.68. The SMILES string of the molecule is CCNC(=NCc1ccccc1COCC)NC1CC=CC1. The average molecular weight is 301 g/mol. The number of benzene rings is 1. The van der Waals surface area contributed by atoms with Gasteiger partial charge in [0, 0.05) is 19.2 Å². The number of nitrogens with one attached hydrogen (secondary N) is 2. The Bertz CT molecular complexity index is 503. The molecule has 0 fully saturated rings. The molecule has 22 heavy (non-hydrogen) atoms. The molecule has 0 atom stereocenters. The molecule has 0 radical (unpaired) electrons. The normalized spacial score (nSPS) is 15.3. The smallest absolute Gasteiger partial charge is 0.191 e. The van der Waals surface area contributed by atoms with E-state index in [0.29, 0.717) is 19.2 Å². The summed E-state index contributed by atoms with van der Waals surface area (Å²) in [6, 6.07) is 8.81. The number of hydrogen-bond donors (Lipinski definition) is 2. The van der Waals surface area contributed by atoms with Crippen LogP contribution in [0.4, 0.5) is 0 Å². The van der Waals surface area contributed by atoms with Gasteiger partial charge in [-0.3, -0.25) is 0 Å². The monoisotopic (exact) mass is 301 g/mol. The third kappa shape index (κ3) is 5.19. The van der Waals surface area contributed by atoms with Crippen molar-refractivity contribution in [3.63, 3.8) is 0 Å². The summed E-state index contributed by atoms with van der Waals surface area (Å²) >= 11 is 0. The molecule has 1 aliphatic rings. The first kappa shape index (κ1) is 16.6. The van der Waals surface area contributed by atoms with Gasteiger partial charge in [0.05, 0.1) is 13.2 Å². The molecule has 0 bridgehead atoms. The summed E-state index contributed by atoms with van der Waals surface area (Å²) in [6.07, 6.45) is 6.59. The van der Waals surface area contributed by atoms with Crippen molar-refractivity contribution in [2.75, 3.05) is 13.2 Å². The van der Waals surface area contributed by atoms with Gasteiger partial charge in [0.2, 0.25) is 0 Å². The van der Waals surface area contributed by atoms with E-state index in [1.54, 1.807) is 0 Å². The van der Waals surface area contributed by atoms with Gasteiger partial charge in [-0.1, -0.05) is 36.4 Å². The first-order chi connectivity index (χ1) is 10.8. The fraction of sp³-hybridized carbons (Fsp3) is 0.500. The number of guanidine groups is 1. The minimum Gasteiger partial charge on any atom is -0.377 e. The zero-order valence-electron chi connectivity index (χ0n) is 13.6. The molecular formula is C18H27N3O. The van der Waals surface area contributed by atoms with Crippen LogP contribution in [-0.4, -0.2) is 25.2 Å². The van der Waals surface area contributed by atoms with E-state index in [4.69, 9.17) is 9.73 Å². The minimum atomic E-state index is 0.469. The zero-order chi connectivity index (χ0) is 15.6. The molecule has 0 saturated carbocycles. The average Bonchev–Trinajstić information content (AvgIpc) is 3.04. The number of nitrogens with zero attached hydrogens (tertiary/aromatic N) is 1. The van der Waals surface area contributed by atoms with Crippen LogP contribution in [0.2, 0.25) is 0 Å². The second-order valence-electron chi connectivity index (χ2n) is 5.39. The maximum Gasteiger partial charge on any atom is 0.191 e. The molecule has 0 saturated heterocycles. The van der Waals surface area contributed by atoms with Gasteiger partial charge in [-0.05, 0) is 37.8 Å². The van der Waals surface area contributed by atoms with Crippen LogP contribution in [0.3, 0.4) is 0 Å². The fourth-order valence-electron chi connectivity index (χ4n) is 2.48. The Hall–Kier alpha value is -1.81. The van der Waals surface area contributed by atoms with E-state index in [2.05, 4.69) is 54.0 Å². The van der Waals surface area contributed by atoms with Gasteiger partial charge >= 0.3 is 0 Å². The van der Waals surface area contributed by atoms with Crippen molar-refractivity contribution in [3.05, 3.63) is 47.5 Å². The van der Waals surface area contributed by atoms with Crippen LogP contribution in [0.15, 0.2) is 41.4 Å². The lowest BCUT2D eigenvalue weighted by atomic mass is 10.1. The Balaban J connectivity index is 1.99. The van der Waals surface area contributed by atoms with Crippen molar-refractivity contribution < 1.29 is 4.74 Å². The number of ether oxygens (including phenoxy) is 1. The standard InChI is InChI=1S/C18H27N3O/c1-3-19-18(21-17-11-7-8-12-17)20-13-15-9-5-6-10-16(15)14-22-4-2/h5-10,17H,3-4,11-14H2,1-2H3,(H2,19,20,21). The lowest BCUT2D eigenvalue weighted by Crippen LogP contribution is -2.42. The summed E-state index contributed by atoms with van der Waals surface area (Å²) in [6.45, 7) is 7.03. The van der Waals surface area contributed by atoms with Crippen molar-refractivity contribution in [1.82, 2.24) is 10.6 Å². The van der Waals surface area contributed by atoms with Gasteiger partial charge < -0.3 is 15.4 Å². The molecule has 1 aromatic rings. The molecule has 0 amide bonds. The van der Waals surface area contributed by atoms with Crippen LogP contribution in [0.25, 0.3) is 0 Å². The highest BCUT2D eigenvalue weighted by Crippen LogP contribution is 2.12. The van der Waals surface area contributed by atoms with E-state index < -0.39 is 0 Å². The topological polar surface area (TPSA) is 45.7 Å². The number of aliphatic imine (C=N–C) groups is 1. The summed E-state index contributed by atoms with van der Waals surface area (Å²) in [5.74, 6) is 0.891. The molecular weight excluding hydrogens is 274 g/mol. The van der Waals surface area contributed by atoms with Crippen LogP contribution < -0.4 is 10.6 Å². The van der Waals surface area contributed by atoms with E-state index >= 15 is 0 Å². The third-order valence-corrected chi connectivity index (χ3v) is 3.68. The zero-order valence-corrected chi connectivity index (χ0v) is 13.6. The Labute approximate surface area is 133 Å². The van der Waals surface area contributed by atoms with Crippen molar-refractivity contribution in [2.45, 2.75) is 45.9 Å². The molecule has 0 unspecified atom stereocenters. The Morgan fingerprint density at radius 2 is 1.91 bits per heavy atom. The molecule has 4 nitrogen and oxygen atoms in total. The molecule has 2 N–H and O–H groups in total. The molecule has 1 aromatic carbocycles. The van der Waals surface area contributed by atoms with Gasteiger partial charge in [-0.25, -0.2) is 4.99 Å². The van der Waals surface area contributed by atoms with Crippen LogP contribution in [0.5, 0.6) is 0 Å². The van der Waals surface area contributed by atoms with Crippen molar-refractivity contribution in [2.24, 2.45) is 4.99 Å². The molecule has 120 valence electrons. The van der Waals surface area contributed by atoms with Crippen molar-refractivity contribution >= 4 is 5.96 Å². The largest absolute Gasteiger partial charge is 0.377 e. The van der Waals surface area contributed by atoms with E-state index in [-0.39, 0.29) is 0 Å². The quantitative estimate of drug-likeness (QED) is 0.462. The van der Waals surface area contributed by atoms with Crippen LogP contribution in [0.1, 0.15) is 37.8 Å². The maximum atomic E-state index is 5.53. The van der Waals surface area contributed by atoms with E-state index in [0.717, 1.165) is 32.0 Å². The van der Waals surface area contributed by atoms with Gasteiger partial charge in [0.15, 0.2) is 5.96 Å². The first-order valence-electron chi connectivity index (χ1n) is 8.17. The highest BCUT2D eigenvalue weighted by Gasteiger charge is 2.11. The highest BCUT2D eigenvalue weighted by atomic mass is 16.5. The van der Waals surface area contributed by atoms with Gasteiger partial charge in [-0.2, -0.15) is 0 Å². The molecule has 0 aliphatic heterocycles. The second-order valence-corrected chi connectivity index (χ2v) is 5.39. The van der Waals surface area contributed by atoms with Crippen LogP contribution in [-0.2, 0) is 17.9 Å². The van der Waals surface area contributed by atoms with E-state index in [1.807, 2.05) is 6.92 Å². The lowest BCUT2D eigenvalue weighted by molar-refractivity contribution is 0.133. The Morgan fingerprint density at radius 1 is 1.18 bits per heavy atom. The molecule has 2 rings (SSSR count). The van der Waals surface area contributed by atoms with Crippen molar-refractivity contribution in [1.29, 1.82) is 0 Å². The summed E-state index contributed by atoms with van der Waals surface area (Å²) in [7, 11) is 0.